The molecular formula is C14H28N2O2S. The van der Waals surface area contributed by atoms with E-state index in [0.29, 0.717) is 12.6 Å². The molecule has 0 radical (unpaired) electrons. The molecule has 1 heterocycles. The lowest BCUT2D eigenvalue weighted by Gasteiger charge is -2.45. The summed E-state index contributed by atoms with van der Waals surface area (Å²) in [6.07, 6.45) is 2.63. The van der Waals surface area contributed by atoms with Crippen molar-refractivity contribution in [2.24, 2.45) is 5.92 Å². The van der Waals surface area contributed by atoms with Crippen LogP contribution < -0.4 is 5.32 Å². The van der Waals surface area contributed by atoms with Gasteiger partial charge >= 0.3 is 0 Å². The molecule has 4 nitrogen and oxygen atoms in total. The minimum absolute atomic E-state index is 0.189. The van der Waals surface area contributed by atoms with E-state index >= 15 is 0 Å². The summed E-state index contributed by atoms with van der Waals surface area (Å²) < 4.78 is 23.9. The second-order valence-corrected chi connectivity index (χ2v) is 9.48. The number of rotatable bonds is 5. The topological polar surface area (TPSA) is 49.4 Å². The normalized spacial score (nSPS) is 33.8. The molecule has 1 N–H and O–H groups in total. The Morgan fingerprint density at radius 3 is 2.53 bits per heavy atom. The molecule has 0 aromatic carbocycles. The Kier molecular flexibility index (Phi) is 4.29. The van der Waals surface area contributed by atoms with Gasteiger partial charge < -0.3 is 5.32 Å². The van der Waals surface area contributed by atoms with Crippen LogP contribution >= 0.6 is 0 Å². The summed E-state index contributed by atoms with van der Waals surface area (Å²) in [6.45, 7) is 10.6. The van der Waals surface area contributed by atoms with E-state index in [9.17, 15) is 8.42 Å². The van der Waals surface area contributed by atoms with Crippen molar-refractivity contribution < 1.29 is 8.42 Å². The number of nitrogens with one attached hydrogen (secondary N) is 1. The standard InChI is InChI=1S/C14H28N2O2S/c1-11(2)19(17,18)8-7-16-10-14(4,13-5-6-13)15-9-12(16)3/h11-13,15H,5-10H2,1-4H3. The van der Waals surface area contributed by atoms with Crippen LogP contribution in [0, 0.1) is 5.92 Å². The van der Waals surface area contributed by atoms with E-state index < -0.39 is 9.84 Å². The highest BCUT2D eigenvalue weighted by molar-refractivity contribution is 7.92. The SMILES string of the molecule is CC1CNC(C)(C2CC2)CN1CCS(=O)(=O)C(C)C. The summed E-state index contributed by atoms with van der Waals surface area (Å²) in [5.74, 6) is 1.07. The van der Waals surface area contributed by atoms with Crippen LogP contribution in [0.4, 0.5) is 0 Å². The van der Waals surface area contributed by atoms with Gasteiger partial charge in [0.15, 0.2) is 9.84 Å². The monoisotopic (exact) mass is 288 g/mol. The average molecular weight is 288 g/mol. The zero-order valence-electron chi connectivity index (χ0n) is 12.6. The molecule has 1 saturated carbocycles. The van der Waals surface area contributed by atoms with Crippen LogP contribution in [0.15, 0.2) is 0 Å². The Bertz CT molecular complexity index is 417. The summed E-state index contributed by atoms with van der Waals surface area (Å²) in [7, 11) is -2.92. The molecule has 1 saturated heterocycles. The fourth-order valence-electron chi connectivity index (χ4n) is 2.92. The fourth-order valence-corrected chi connectivity index (χ4v) is 3.88. The smallest absolute Gasteiger partial charge is 0.153 e. The Hall–Kier alpha value is -0.130. The van der Waals surface area contributed by atoms with E-state index in [1.165, 1.54) is 12.8 Å². The molecule has 2 atom stereocenters. The van der Waals surface area contributed by atoms with Crippen molar-refractivity contribution >= 4 is 9.84 Å². The number of nitrogens with zero attached hydrogens (tertiary/aromatic N) is 1. The highest BCUT2D eigenvalue weighted by Gasteiger charge is 2.45. The summed E-state index contributed by atoms with van der Waals surface area (Å²) >= 11 is 0. The summed E-state index contributed by atoms with van der Waals surface area (Å²) in [4.78, 5) is 2.36. The molecule has 1 aliphatic heterocycles. The zero-order valence-corrected chi connectivity index (χ0v) is 13.5. The molecule has 0 amide bonds. The van der Waals surface area contributed by atoms with Crippen molar-refractivity contribution in [1.82, 2.24) is 10.2 Å². The second-order valence-electron chi connectivity index (χ2n) is 6.81. The van der Waals surface area contributed by atoms with E-state index in [0.717, 1.165) is 19.0 Å². The molecule has 2 unspecified atom stereocenters. The van der Waals surface area contributed by atoms with Gasteiger partial charge in [-0.25, -0.2) is 8.42 Å². The van der Waals surface area contributed by atoms with Crippen molar-refractivity contribution in [3.63, 3.8) is 0 Å². The molecule has 2 fully saturated rings. The Balaban J connectivity index is 1.94. The van der Waals surface area contributed by atoms with Gasteiger partial charge in [-0.15, -0.1) is 0 Å². The van der Waals surface area contributed by atoms with Gasteiger partial charge in [-0.05, 0) is 46.5 Å². The molecule has 0 aromatic rings. The first kappa shape index (κ1) is 15.3. The Labute approximate surface area is 117 Å². The van der Waals surface area contributed by atoms with Gasteiger partial charge in [0.1, 0.15) is 0 Å². The van der Waals surface area contributed by atoms with Gasteiger partial charge in [-0.2, -0.15) is 0 Å². The van der Waals surface area contributed by atoms with Crippen molar-refractivity contribution in [2.45, 2.75) is 57.4 Å². The molecule has 0 spiro atoms. The highest BCUT2D eigenvalue weighted by Crippen LogP contribution is 2.41. The first-order chi connectivity index (χ1) is 8.74. The van der Waals surface area contributed by atoms with Crippen LogP contribution in [-0.4, -0.2) is 55.5 Å². The van der Waals surface area contributed by atoms with Crippen LogP contribution in [0.3, 0.4) is 0 Å². The maximum atomic E-state index is 11.9. The van der Waals surface area contributed by atoms with Crippen LogP contribution in [0.5, 0.6) is 0 Å². The predicted octanol–water partition coefficient (Wildman–Crippen LogP) is 1.27. The number of sulfone groups is 1. The van der Waals surface area contributed by atoms with Gasteiger partial charge in [0.25, 0.3) is 0 Å². The predicted molar refractivity (Wildman–Crippen MR) is 79.1 cm³/mol. The third-order valence-electron chi connectivity index (χ3n) is 4.82. The summed E-state index contributed by atoms with van der Waals surface area (Å²) in [5, 5.41) is 3.40. The van der Waals surface area contributed by atoms with Crippen LogP contribution in [0.25, 0.3) is 0 Å². The third-order valence-corrected chi connectivity index (χ3v) is 7.00. The molecule has 0 aromatic heterocycles. The zero-order chi connectivity index (χ0) is 14.3. The van der Waals surface area contributed by atoms with Gasteiger partial charge in [0, 0.05) is 31.2 Å². The maximum Gasteiger partial charge on any atom is 0.153 e. The van der Waals surface area contributed by atoms with Crippen LogP contribution in [-0.2, 0) is 9.84 Å². The lowest BCUT2D eigenvalue weighted by molar-refractivity contribution is 0.0890. The fraction of sp³-hybridized carbons (Fsp3) is 1.00. The van der Waals surface area contributed by atoms with Crippen molar-refractivity contribution in [3.8, 4) is 0 Å². The number of hydrogen-bond donors (Lipinski definition) is 1. The largest absolute Gasteiger partial charge is 0.308 e. The number of hydrogen-bond acceptors (Lipinski definition) is 4. The molecule has 2 rings (SSSR count). The maximum absolute atomic E-state index is 11.9. The van der Waals surface area contributed by atoms with Gasteiger partial charge in [0.2, 0.25) is 0 Å². The molecule has 5 heteroatoms. The average Bonchev–Trinajstić information content (AvgIpc) is 3.15. The van der Waals surface area contributed by atoms with Gasteiger partial charge in [-0.3, -0.25) is 4.90 Å². The minimum atomic E-state index is -2.92. The van der Waals surface area contributed by atoms with Gasteiger partial charge in [-0.1, -0.05) is 0 Å². The van der Waals surface area contributed by atoms with Crippen molar-refractivity contribution in [2.75, 3.05) is 25.4 Å². The molecule has 19 heavy (non-hydrogen) atoms. The Morgan fingerprint density at radius 2 is 2.00 bits per heavy atom. The minimum Gasteiger partial charge on any atom is -0.308 e. The molecule has 112 valence electrons. The van der Waals surface area contributed by atoms with E-state index in [2.05, 4.69) is 24.1 Å². The van der Waals surface area contributed by atoms with Crippen LogP contribution in [0.2, 0.25) is 0 Å². The Morgan fingerprint density at radius 1 is 1.37 bits per heavy atom. The van der Waals surface area contributed by atoms with E-state index in [1.807, 2.05) is 0 Å². The van der Waals surface area contributed by atoms with E-state index in [1.54, 1.807) is 13.8 Å². The lowest BCUT2D eigenvalue weighted by atomic mass is 9.91. The van der Waals surface area contributed by atoms with E-state index in [-0.39, 0.29) is 16.5 Å². The van der Waals surface area contributed by atoms with Crippen LogP contribution in [0.1, 0.15) is 40.5 Å². The quantitative estimate of drug-likeness (QED) is 0.828. The lowest BCUT2D eigenvalue weighted by Crippen LogP contribution is -2.63. The third kappa shape index (κ3) is 3.50. The van der Waals surface area contributed by atoms with Gasteiger partial charge in [0.05, 0.1) is 11.0 Å². The molecular weight excluding hydrogens is 260 g/mol. The van der Waals surface area contributed by atoms with Crippen molar-refractivity contribution in [1.29, 1.82) is 0 Å². The highest BCUT2D eigenvalue weighted by atomic mass is 32.2. The molecule has 2 aliphatic rings. The van der Waals surface area contributed by atoms with E-state index in [4.69, 9.17) is 0 Å². The summed E-state index contributed by atoms with van der Waals surface area (Å²) in [5.41, 5.74) is 0.189. The molecule has 0 bridgehead atoms. The van der Waals surface area contributed by atoms with Crippen molar-refractivity contribution in [3.05, 3.63) is 0 Å². The first-order valence-corrected chi connectivity index (χ1v) is 9.17. The first-order valence-electron chi connectivity index (χ1n) is 7.45. The number of piperazine rings is 1. The second kappa shape index (κ2) is 5.34. The molecule has 1 aliphatic carbocycles. The summed E-state index contributed by atoms with van der Waals surface area (Å²) in [6, 6.07) is 0.425.